The van der Waals surface area contributed by atoms with Crippen molar-refractivity contribution in [3.05, 3.63) is 18.2 Å². The number of rotatable bonds is 2. The number of hydrogen-bond acceptors (Lipinski definition) is 4. The van der Waals surface area contributed by atoms with Crippen molar-refractivity contribution in [1.82, 2.24) is 0 Å². The molecule has 5 heteroatoms. The zero-order valence-corrected chi connectivity index (χ0v) is 10.3. The molecule has 2 aliphatic rings. The summed E-state index contributed by atoms with van der Waals surface area (Å²) in [6.07, 6.45) is 0.692. The zero-order chi connectivity index (χ0) is 12.6. The van der Waals surface area contributed by atoms with E-state index in [1.807, 2.05) is 25.1 Å². The molecule has 1 unspecified atom stereocenters. The molecule has 0 aromatic heterocycles. The molecule has 3 rings (SSSR count). The number of para-hydroxylation sites is 1. The monoisotopic (exact) mass is 248 g/mol. The van der Waals surface area contributed by atoms with Crippen molar-refractivity contribution < 1.29 is 14.3 Å². The second-order valence-electron chi connectivity index (χ2n) is 4.58. The molecule has 2 heterocycles. The van der Waals surface area contributed by atoms with Gasteiger partial charge in [-0.15, -0.1) is 0 Å². The van der Waals surface area contributed by atoms with Gasteiger partial charge in [0.05, 0.1) is 18.9 Å². The predicted octanol–water partition coefficient (Wildman–Crippen LogP) is 1.61. The van der Waals surface area contributed by atoms with Crippen LogP contribution in [0.2, 0.25) is 0 Å². The van der Waals surface area contributed by atoms with Crippen LogP contribution in [0.4, 0.5) is 11.4 Å². The van der Waals surface area contributed by atoms with E-state index in [1.54, 1.807) is 0 Å². The van der Waals surface area contributed by atoms with E-state index in [2.05, 4.69) is 10.6 Å². The molecule has 0 aliphatic carbocycles. The maximum atomic E-state index is 12.2. The maximum Gasteiger partial charge on any atom is 0.252 e. The number of amides is 1. The first-order chi connectivity index (χ1) is 8.75. The van der Waals surface area contributed by atoms with Gasteiger partial charge < -0.3 is 20.1 Å². The maximum absolute atomic E-state index is 12.2. The van der Waals surface area contributed by atoms with E-state index in [4.69, 9.17) is 9.47 Å². The van der Waals surface area contributed by atoms with Crippen LogP contribution in [0.25, 0.3) is 0 Å². The molecule has 1 amide bonds. The lowest BCUT2D eigenvalue weighted by Crippen LogP contribution is -2.53. The summed E-state index contributed by atoms with van der Waals surface area (Å²) in [4.78, 5) is 12.2. The lowest BCUT2D eigenvalue weighted by Gasteiger charge is -2.35. The molecule has 2 N–H and O–H groups in total. The van der Waals surface area contributed by atoms with E-state index in [0.29, 0.717) is 32.0 Å². The van der Waals surface area contributed by atoms with E-state index < -0.39 is 5.54 Å². The van der Waals surface area contributed by atoms with Crippen LogP contribution in [0.5, 0.6) is 5.75 Å². The third-order valence-electron chi connectivity index (χ3n) is 3.39. The fourth-order valence-corrected chi connectivity index (χ4v) is 2.43. The highest BCUT2D eigenvalue weighted by atomic mass is 16.5. The molecule has 2 aliphatic heterocycles. The van der Waals surface area contributed by atoms with Gasteiger partial charge in [0.15, 0.2) is 0 Å². The number of nitrogens with one attached hydrogen (secondary N) is 2. The first-order valence-electron chi connectivity index (χ1n) is 6.18. The van der Waals surface area contributed by atoms with Gasteiger partial charge in [-0.3, -0.25) is 4.79 Å². The fourth-order valence-electron chi connectivity index (χ4n) is 2.43. The Morgan fingerprint density at radius 1 is 1.50 bits per heavy atom. The molecule has 0 saturated carbocycles. The van der Waals surface area contributed by atoms with Crippen molar-refractivity contribution in [3.8, 4) is 5.75 Å². The van der Waals surface area contributed by atoms with Crippen LogP contribution in [0.1, 0.15) is 13.3 Å². The lowest BCUT2D eigenvalue weighted by atomic mass is 9.94. The van der Waals surface area contributed by atoms with Crippen molar-refractivity contribution in [2.75, 3.05) is 30.5 Å². The van der Waals surface area contributed by atoms with Gasteiger partial charge in [0.2, 0.25) is 0 Å². The van der Waals surface area contributed by atoms with Crippen molar-refractivity contribution in [1.29, 1.82) is 0 Å². The van der Waals surface area contributed by atoms with Crippen LogP contribution in [0.15, 0.2) is 18.2 Å². The minimum absolute atomic E-state index is 0.0420. The van der Waals surface area contributed by atoms with Gasteiger partial charge in [-0.25, -0.2) is 0 Å². The molecule has 18 heavy (non-hydrogen) atoms. The third-order valence-corrected chi connectivity index (χ3v) is 3.39. The molecule has 0 bridgehead atoms. The molecule has 1 atom stereocenters. The average molecular weight is 248 g/mol. The van der Waals surface area contributed by atoms with Crippen LogP contribution >= 0.6 is 0 Å². The quantitative estimate of drug-likeness (QED) is 0.834. The Morgan fingerprint density at radius 3 is 3.11 bits per heavy atom. The second-order valence-corrected chi connectivity index (χ2v) is 4.58. The van der Waals surface area contributed by atoms with Gasteiger partial charge in [-0.05, 0) is 19.1 Å². The Balaban J connectivity index is 1.98. The van der Waals surface area contributed by atoms with Crippen LogP contribution in [-0.4, -0.2) is 31.3 Å². The highest BCUT2D eigenvalue weighted by molar-refractivity contribution is 6.07. The van der Waals surface area contributed by atoms with Gasteiger partial charge in [-0.1, -0.05) is 6.07 Å². The third kappa shape index (κ3) is 1.62. The van der Waals surface area contributed by atoms with E-state index in [9.17, 15) is 4.79 Å². The number of benzene rings is 1. The summed E-state index contributed by atoms with van der Waals surface area (Å²) in [7, 11) is 0. The minimum Gasteiger partial charge on any atom is -0.492 e. The van der Waals surface area contributed by atoms with Gasteiger partial charge in [0, 0.05) is 13.0 Å². The minimum atomic E-state index is -0.613. The molecule has 1 fully saturated rings. The Hall–Kier alpha value is -1.75. The number of ether oxygens (including phenoxy) is 2. The van der Waals surface area contributed by atoms with Gasteiger partial charge >= 0.3 is 0 Å². The first-order valence-corrected chi connectivity index (χ1v) is 6.18. The highest BCUT2D eigenvalue weighted by Gasteiger charge is 2.45. The number of hydrogen-bond donors (Lipinski definition) is 2. The Morgan fingerprint density at radius 2 is 2.39 bits per heavy atom. The van der Waals surface area contributed by atoms with Crippen molar-refractivity contribution >= 4 is 17.3 Å². The highest BCUT2D eigenvalue weighted by Crippen LogP contribution is 2.40. The van der Waals surface area contributed by atoms with Gasteiger partial charge in [0.1, 0.15) is 17.0 Å². The lowest BCUT2D eigenvalue weighted by molar-refractivity contribution is -0.120. The number of fused-ring (bicyclic) bond motifs is 1. The smallest absolute Gasteiger partial charge is 0.252 e. The van der Waals surface area contributed by atoms with Gasteiger partial charge in [0.25, 0.3) is 5.91 Å². The summed E-state index contributed by atoms with van der Waals surface area (Å²) in [5.41, 5.74) is 1.01. The number of carbonyl (C=O) groups excluding carboxylic acids is 1. The van der Waals surface area contributed by atoms with Crippen LogP contribution in [0.3, 0.4) is 0 Å². The van der Waals surface area contributed by atoms with E-state index in [-0.39, 0.29) is 5.91 Å². The molecule has 96 valence electrons. The topological polar surface area (TPSA) is 59.6 Å². The molecule has 1 aromatic rings. The first kappa shape index (κ1) is 11.3. The summed E-state index contributed by atoms with van der Waals surface area (Å²) in [6, 6.07) is 5.71. The Labute approximate surface area is 105 Å². The molecule has 0 radical (unpaired) electrons. The number of carbonyl (C=O) groups is 1. The summed E-state index contributed by atoms with van der Waals surface area (Å²) in [5, 5.41) is 6.24. The normalized spacial score (nSPS) is 25.5. The Bertz CT molecular complexity index is 481. The van der Waals surface area contributed by atoms with E-state index in [1.165, 1.54) is 0 Å². The molecular formula is C13H16N2O3. The average Bonchev–Trinajstić information content (AvgIpc) is 2.82. The molecular weight excluding hydrogens is 232 g/mol. The second kappa shape index (κ2) is 4.17. The largest absolute Gasteiger partial charge is 0.492 e. The van der Waals surface area contributed by atoms with E-state index in [0.717, 1.165) is 11.4 Å². The van der Waals surface area contributed by atoms with E-state index >= 15 is 0 Å². The standard InChI is InChI=1S/C13H16N2O3/c1-2-18-10-5-3-4-9-11(10)14-12(16)13(15-9)6-7-17-8-13/h3-5,15H,2,6-8H2,1H3,(H,14,16). The molecule has 5 nitrogen and oxygen atoms in total. The van der Waals surface area contributed by atoms with Crippen LogP contribution in [-0.2, 0) is 9.53 Å². The Kier molecular flexibility index (Phi) is 2.63. The van der Waals surface area contributed by atoms with Crippen molar-refractivity contribution in [3.63, 3.8) is 0 Å². The van der Waals surface area contributed by atoms with Crippen LogP contribution in [0, 0.1) is 0 Å². The summed E-state index contributed by atoms with van der Waals surface area (Å²) in [6.45, 7) is 3.52. The van der Waals surface area contributed by atoms with Crippen LogP contribution < -0.4 is 15.4 Å². The predicted molar refractivity (Wildman–Crippen MR) is 68.0 cm³/mol. The fraction of sp³-hybridized carbons (Fsp3) is 0.462. The SMILES string of the molecule is CCOc1cccc2c1NC(=O)C1(CCOC1)N2. The zero-order valence-electron chi connectivity index (χ0n) is 10.3. The summed E-state index contributed by atoms with van der Waals surface area (Å²) in [5.74, 6) is 0.657. The van der Waals surface area contributed by atoms with Crippen molar-refractivity contribution in [2.45, 2.75) is 18.9 Å². The summed E-state index contributed by atoms with van der Waals surface area (Å²) >= 11 is 0. The molecule has 1 saturated heterocycles. The molecule has 1 spiro atoms. The molecule has 1 aromatic carbocycles. The van der Waals surface area contributed by atoms with Crippen molar-refractivity contribution in [2.24, 2.45) is 0 Å². The summed E-state index contributed by atoms with van der Waals surface area (Å²) < 4.78 is 10.9. The van der Waals surface area contributed by atoms with Gasteiger partial charge in [-0.2, -0.15) is 0 Å². The number of anilines is 2.